The van der Waals surface area contributed by atoms with Gasteiger partial charge < -0.3 is 9.64 Å². The highest BCUT2D eigenvalue weighted by atomic mass is 19.1. The lowest BCUT2D eigenvalue weighted by Gasteiger charge is -2.33. The molecule has 1 unspecified atom stereocenters. The molecule has 0 radical (unpaired) electrons. The Bertz CT molecular complexity index is 629. The molecule has 2 fully saturated rings. The zero-order valence-corrected chi connectivity index (χ0v) is 12.7. The summed E-state index contributed by atoms with van der Waals surface area (Å²) < 4.78 is 33.8. The molecular weight excluding hydrogens is 302 g/mol. The van der Waals surface area contributed by atoms with Gasteiger partial charge in [0, 0.05) is 19.7 Å². The standard InChI is InChI=1S/C17H18F2N2O2/c18-14-6-12(8-20)7-15(19)16(14)17(22)21-5-1-2-13(9-21)23-10-11-3-4-11/h6-7,11,13H,1-5,9-10H2. The van der Waals surface area contributed by atoms with Crippen molar-refractivity contribution < 1.29 is 18.3 Å². The quantitative estimate of drug-likeness (QED) is 0.857. The highest BCUT2D eigenvalue weighted by molar-refractivity contribution is 5.95. The lowest BCUT2D eigenvalue weighted by Crippen LogP contribution is -2.44. The van der Waals surface area contributed by atoms with Gasteiger partial charge in [-0.05, 0) is 43.7 Å². The molecule has 1 amide bonds. The van der Waals surface area contributed by atoms with Crippen LogP contribution < -0.4 is 0 Å². The first-order chi connectivity index (χ1) is 11.1. The third-order valence-electron chi connectivity index (χ3n) is 4.31. The molecule has 1 saturated carbocycles. The number of carbonyl (C=O) groups excluding carboxylic acids is 1. The van der Waals surface area contributed by atoms with E-state index in [1.807, 2.05) is 0 Å². The molecule has 1 atom stereocenters. The van der Waals surface area contributed by atoms with Gasteiger partial charge in [0.15, 0.2) is 0 Å². The number of likely N-dealkylation sites (tertiary alicyclic amines) is 1. The summed E-state index contributed by atoms with van der Waals surface area (Å²) in [6, 6.07) is 3.45. The van der Waals surface area contributed by atoms with E-state index in [0.29, 0.717) is 25.6 Å². The fraction of sp³-hybridized carbons (Fsp3) is 0.529. The van der Waals surface area contributed by atoms with Gasteiger partial charge in [-0.1, -0.05) is 0 Å². The number of ether oxygens (including phenoxy) is 1. The molecule has 1 aromatic carbocycles. The Balaban J connectivity index is 1.70. The minimum absolute atomic E-state index is 0.0715. The third kappa shape index (κ3) is 3.67. The number of amides is 1. The molecule has 0 spiro atoms. The summed E-state index contributed by atoms with van der Waals surface area (Å²) in [6.07, 6.45) is 3.92. The molecule has 2 aliphatic rings. The number of benzene rings is 1. The average molecular weight is 320 g/mol. The van der Waals surface area contributed by atoms with Gasteiger partial charge in [-0.2, -0.15) is 5.26 Å². The van der Waals surface area contributed by atoms with Crippen LogP contribution in [0.3, 0.4) is 0 Å². The van der Waals surface area contributed by atoms with E-state index in [0.717, 1.165) is 25.0 Å². The maximum Gasteiger partial charge on any atom is 0.259 e. The second-order valence-electron chi connectivity index (χ2n) is 6.22. The van der Waals surface area contributed by atoms with Crippen LogP contribution in [0.5, 0.6) is 0 Å². The monoisotopic (exact) mass is 320 g/mol. The Morgan fingerprint density at radius 1 is 1.30 bits per heavy atom. The van der Waals surface area contributed by atoms with Crippen LogP contribution in [0.1, 0.15) is 41.6 Å². The van der Waals surface area contributed by atoms with Crippen LogP contribution in [0.2, 0.25) is 0 Å². The number of piperidine rings is 1. The van der Waals surface area contributed by atoms with Crippen molar-refractivity contribution in [3.8, 4) is 6.07 Å². The van der Waals surface area contributed by atoms with E-state index in [-0.39, 0.29) is 11.7 Å². The highest BCUT2D eigenvalue weighted by Crippen LogP contribution is 2.30. The van der Waals surface area contributed by atoms with Crippen molar-refractivity contribution in [1.82, 2.24) is 4.90 Å². The number of nitriles is 1. The smallest absolute Gasteiger partial charge is 0.259 e. The molecule has 0 bridgehead atoms. The van der Waals surface area contributed by atoms with Gasteiger partial charge in [0.25, 0.3) is 5.91 Å². The minimum Gasteiger partial charge on any atom is -0.376 e. The number of carbonyl (C=O) groups is 1. The molecule has 122 valence electrons. The predicted molar refractivity (Wildman–Crippen MR) is 78.7 cm³/mol. The van der Waals surface area contributed by atoms with Crippen LogP contribution >= 0.6 is 0 Å². The summed E-state index contributed by atoms with van der Waals surface area (Å²) in [4.78, 5) is 13.9. The summed E-state index contributed by atoms with van der Waals surface area (Å²) in [7, 11) is 0. The molecule has 1 heterocycles. The van der Waals surface area contributed by atoms with Crippen molar-refractivity contribution >= 4 is 5.91 Å². The molecule has 0 aromatic heterocycles. The summed E-state index contributed by atoms with van der Waals surface area (Å²) in [5.74, 6) is -2.03. The van der Waals surface area contributed by atoms with Crippen LogP contribution in [0.25, 0.3) is 0 Å². The lowest BCUT2D eigenvalue weighted by atomic mass is 10.0. The largest absolute Gasteiger partial charge is 0.376 e. The minimum atomic E-state index is -0.993. The Hall–Kier alpha value is -2.00. The molecule has 1 aromatic rings. The van der Waals surface area contributed by atoms with Crippen LogP contribution in [-0.4, -0.2) is 36.6 Å². The SMILES string of the molecule is N#Cc1cc(F)c(C(=O)N2CCCC(OCC3CC3)C2)c(F)c1. The molecule has 1 saturated heterocycles. The number of hydrogen-bond donors (Lipinski definition) is 0. The number of nitrogens with zero attached hydrogens (tertiary/aromatic N) is 2. The zero-order chi connectivity index (χ0) is 16.4. The predicted octanol–water partition coefficient (Wildman–Crippen LogP) is 2.87. The van der Waals surface area contributed by atoms with Crippen molar-refractivity contribution in [3.63, 3.8) is 0 Å². The molecule has 23 heavy (non-hydrogen) atoms. The Morgan fingerprint density at radius 2 is 2.00 bits per heavy atom. The lowest BCUT2D eigenvalue weighted by molar-refractivity contribution is -0.00270. The van der Waals surface area contributed by atoms with E-state index < -0.39 is 23.1 Å². The van der Waals surface area contributed by atoms with E-state index in [4.69, 9.17) is 10.00 Å². The molecular formula is C17H18F2N2O2. The highest BCUT2D eigenvalue weighted by Gasteiger charge is 2.30. The van der Waals surface area contributed by atoms with Gasteiger partial charge in [0.1, 0.15) is 17.2 Å². The Morgan fingerprint density at radius 3 is 2.61 bits per heavy atom. The number of halogens is 2. The van der Waals surface area contributed by atoms with E-state index in [9.17, 15) is 13.6 Å². The van der Waals surface area contributed by atoms with Crippen LogP contribution in [0, 0.1) is 28.9 Å². The van der Waals surface area contributed by atoms with E-state index in [1.54, 1.807) is 6.07 Å². The molecule has 3 rings (SSSR count). The fourth-order valence-corrected chi connectivity index (χ4v) is 2.82. The average Bonchev–Trinajstić information content (AvgIpc) is 3.36. The van der Waals surface area contributed by atoms with Gasteiger partial charge in [-0.3, -0.25) is 4.79 Å². The maximum absolute atomic E-state index is 14.0. The van der Waals surface area contributed by atoms with E-state index >= 15 is 0 Å². The van der Waals surface area contributed by atoms with Gasteiger partial charge in [0.05, 0.1) is 17.7 Å². The first-order valence-electron chi connectivity index (χ1n) is 7.88. The zero-order valence-electron chi connectivity index (χ0n) is 12.7. The van der Waals surface area contributed by atoms with E-state index in [2.05, 4.69) is 0 Å². The van der Waals surface area contributed by atoms with Crippen LogP contribution in [0.15, 0.2) is 12.1 Å². The Kier molecular flexibility index (Phi) is 4.58. The van der Waals surface area contributed by atoms with Crippen molar-refractivity contribution in [1.29, 1.82) is 5.26 Å². The van der Waals surface area contributed by atoms with Crippen molar-refractivity contribution in [3.05, 3.63) is 34.9 Å². The second-order valence-corrected chi connectivity index (χ2v) is 6.22. The normalized spacial score (nSPS) is 21.1. The first-order valence-corrected chi connectivity index (χ1v) is 7.88. The van der Waals surface area contributed by atoms with Crippen molar-refractivity contribution in [2.24, 2.45) is 5.92 Å². The number of hydrogen-bond acceptors (Lipinski definition) is 3. The summed E-state index contributed by atoms with van der Waals surface area (Å²) in [5.41, 5.74) is -0.729. The van der Waals surface area contributed by atoms with Gasteiger partial charge in [0.2, 0.25) is 0 Å². The molecule has 0 N–H and O–H groups in total. The molecule has 6 heteroatoms. The second kappa shape index (κ2) is 6.63. The van der Waals surface area contributed by atoms with Gasteiger partial charge in [-0.25, -0.2) is 8.78 Å². The van der Waals surface area contributed by atoms with E-state index in [1.165, 1.54) is 17.7 Å². The topological polar surface area (TPSA) is 53.3 Å². The summed E-state index contributed by atoms with van der Waals surface area (Å²) >= 11 is 0. The molecule has 4 nitrogen and oxygen atoms in total. The Labute approximate surface area is 133 Å². The van der Waals surface area contributed by atoms with Gasteiger partial charge in [-0.15, -0.1) is 0 Å². The third-order valence-corrected chi connectivity index (χ3v) is 4.31. The molecule has 1 aliphatic carbocycles. The summed E-state index contributed by atoms with van der Waals surface area (Å²) in [5, 5.41) is 8.71. The first kappa shape index (κ1) is 15.9. The molecule has 1 aliphatic heterocycles. The summed E-state index contributed by atoms with van der Waals surface area (Å²) in [6.45, 7) is 1.51. The van der Waals surface area contributed by atoms with Crippen molar-refractivity contribution in [2.45, 2.75) is 31.8 Å². The number of rotatable bonds is 4. The van der Waals surface area contributed by atoms with Crippen molar-refractivity contribution in [2.75, 3.05) is 19.7 Å². The fourth-order valence-electron chi connectivity index (χ4n) is 2.82. The van der Waals surface area contributed by atoms with Crippen LogP contribution in [0.4, 0.5) is 8.78 Å². The van der Waals surface area contributed by atoms with Crippen LogP contribution in [-0.2, 0) is 4.74 Å². The van der Waals surface area contributed by atoms with Gasteiger partial charge >= 0.3 is 0 Å². The maximum atomic E-state index is 14.0.